The van der Waals surface area contributed by atoms with Crippen molar-refractivity contribution in [3.05, 3.63) is 43.0 Å². The highest BCUT2D eigenvalue weighted by Crippen LogP contribution is 2.36. The number of amides is 1. The zero-order valence-electron chi connectivity index (χ0n) is 17.8. The van der Waals surface area contributed by atoms with Crippen molar-refractivity contribution in [2.24, 2.45) is 0 Å². The van der Waals surface area contributed by atoms with Gasteiger partial charge in [0, 0.05) is 18.1 Å². The molecule has 4 heterocycles. The molecule has 2 aliphatic heterocycles. The Morgan fingerprint density at radius 3 is 2.74 bits per heavy atom. The Hall–Kier alpha value is -3.88. The number of ether oxygens (including phenoxy) is 4. The van der Waals surface area contributed by atoms with Crippen molar-refractivity contribution in [3.8, 4) is 17.4 Å². The summed E-state index contributed by atoms with van der Waals surface area (Å²) in [7, 11) is 0. The number of hydrogen-bond acceptors (Lipinski definition) is 10. The van der Waals surface area contributed by atoms with Crippen LogP contribution in [0.3, 0.4) is 0 Å². The molecule has 34 heavy (non-hydrogen) atoms. The molecule has 14 nitrogen and oxygen atoms in total. The number of aromatic nitrogens is 6. The molecule has 2 aromatic heterocycles. The van der Waals surface area contributed by atoms with Gasteiger partial charge in [-0.15, -0.1) is 0 Å². The Labute approximate surface area is 192 Å². The molecule has 2 aliphatic rings. The summed E-state index contributed by atoms with van der Waals surface area (Å²) < 4.78 is 25.8. The molecular weight excluding hydrogens is 450 g/mol. The zero-order chi connectivity index (χ0) is 23.5. The molecule has 4 atom stereocenters. The van der Waals surface area contributed by atoms with Crippen molar-refractivity contribution in [3.63, 3.8) is 0 Å². The maximum absolute atomic E-state index is 12.0. The summed E-state index contributed by atoms with van der Waals surface area (Å²) in [5, 5.41) is 23.1. The Balaban J connectivity index is 1.21. The van der Waals surface area contributed by atoms with Crippen molar-refractivity contribution in [1.29, 1.82) is 0 Å². The second kappa shape index (κ2) is 9.54. The van der Waals surface area contributed by atoms with Crippen LogP contribution in [0.4, 0.5) is 0 Å². The molecule has 0 spiro atoms. The van der Waals surface area contributed by atoms with Gasteiger partial charge in [0.1, 0.15) is 37.2 Å². The number of nitrogens with zero attached hydrogens (tertiary/aromatic N) is 6. The molecule has 3 aromatic rings. The summed E-state index contributed by atoms with van der Waals surface area (Å²) in [4.78, 5) is 26.6. The SMILES string of the molecule is O=C(O)COCC(=O)N[C@H]1CO[C@H]2[C@H]1OC[C@H]2n1nnnc1Oc1ccc(-n2ccnc2)cc1. The molecule has 14 heteroatoms. The second-order valence-electron chi connectivity index (χ2n) is 7.70. The van der Waals surface area contributed by atoms with Crippen molar-refractivity contribution in [2.45, 2.75) is 24.3 Å². The van der Waals surface area contributed by atoms with Crippen LogP contribution in [0.5, 0.6) is 11.8 Å². The number of carboxylic acids is 1. The van der Waals surface area contributed by atoms with Crippen molar-refractivity contribution in [1.82, 2.24) is 35.1 Å². The molecule has 0 saturated carbocycles. The van der Waals surface area contributed by atoms with E-state index in [-0.39, 0.29) is 31.9 Å². The fourth-order valence-electron chi connectivity index (χ4n) is 3.96. The number of tetrazole rings is 1. The van der Waals surface area contributed by atoms with Crippen LogP contribution in [0.1, 0.15) is 6.04 Å². The first-order valence-electron chi connectivity index (χ1n) is 10.4. The standard InChI is InChI=1S/C20H21N7O7/c28-16(9-31-10-17(29)30)22-14-7-32-19-15(8-33-18(14)19)27-20(23-24-25-27)34-13-3-1-12(2-4-13)26-6-5-21-11-26/h1-6,11,14-15,18-19H,7-10H2,(H,22,28)(H,29,30)/t14-,15+,18-,19+/m0/s1. The number of imidazole rings is 1. The van der Waals surface area contributed by atoms with Gasteiger partial charge in [0.05, 0.1) is 25.6 Å². The van der Waals surface area contributed by atoms with Crippen LogP contribution >= 0.6 is 0 Å². The maximum Gasteiger partial charge on any atom is 0.341 e. The first kappa shape index (κ1) is 21.9. The number of hydrogen-bond donors (Lipinski definition) is 2. The summed E-state index contributed by atoms with van der Waals surface area (Å²) in [5.41, 5.74) is 0.928. The highest BCUT2D eigenvalue weighted by atomic mass is 16.6. The maximum atomic E-state index is 12.0. The molecule has 1 amide bonds. The van der Waals surface area contributed by atoms with Gasteiger partial charge in [-0.25, -0.2) is 9.78 Å². The minimum Gasteiger partial charge on any atom is -0.480 e. The summed E-state index contributed by atoms with van der Waals surface area (Å²) in [5.74, 6) is -1.05. The van der Waals surface area contributed by atoms with E-state index in [2.05, 4.69) is 25.8 Å². The molecule has 178 valence electrons. The number of benzene rings is 1. The Morgan fingerprint density at radius 2 is 1.97 bits per heavy atom. The highest BCUT2D eigenvalue weighted by Gasteiger charge is 2.50. The monoisotopic (exact) mass is 471 g/mol. The largest absolute Gasteiger partial charge is 0.480 e. The molecule has 0 aliphatic carbocycles. The van der Waals surface area contributed by atoms with Crippen LogP contribution in [0.15, 0.2) is 43.0 Å². The zero-order valence-corrected chi connectivity index (χ0v) is 17.8. The molecule has 2 fully saturated rings. The number of carbonyl (C=O) groups excluding carboxylic acids is 1. The molecule has 0 unspecified atom stereocenters. The highest BCUT2D eigenvalue weighted by molar-refractivity contribution is 5.78. The number of nitrogens with one attached hydrogen (secondary N) is 1. The van der Waals surface area contributed by atoms with E-state index in [4.69, 9.17) is 24.1 Å². The average Bonchev–Trinajstić information content (AvgIpc) is 3.61. The summed E-state index contributed by atoms with van der Waals surface area (Å²) in [6, 6.07) is 6.78. The van der Waals surface area contributed by atoms with Crippen LogP contribution in [-0.2, 0) is 23.8 Å². The van der Waals surface area contributed by atoms with Crippen LogP contribution in [0.2, 0.25) is 0 Å². The predicted octanol–water partition coefficient (Wildman–Crippen LogP) is -0.424. The quantitative estimate of drug-likeness (QED) is 0.416. The fourth-order valence-corrected chi connectivity index (χ4v) is 3.96. The van der Waals surface area contributed by atoms with Crippen LogP contribution < -0.4 is 10.1 Å². The van der Waals surface area contributed by atoms with Gasteiger partial charge >= 0.3 is 12.0 Å². The summed E-state index contributed by atoms with van der Waals surface area (Å²) >= 11 is 0. The number of carboxylic acid groups (broad SMARTS) is 1. The fraction of sp³-hybridized carbons (Fsp3) is 0.400. The molecule has 5 rings (SSSR count). The van der Waals surface area contributed by atoms with E-state index in [9.17, 15) is 9.59 Å². The first-order valence-corrected chi connectivity index (χ1v) is 10.4. The Bertz CT molecular complexity index is 1130. The third-order valence-corrected chi connectivity index (χ3v) is 5.46. The molecule has 2 saturated heterocycles. The molecule has 2 N–H and O–H groups in total. The van der Waals surface area contributed by atoms with Gasteiger partial charge in [-0.2, -0.15) is 4.68 Å². The summed E-state index contributed by atoms with van der Waals surface area (Å²) in [6.45, 7) is -0.426. The topological polar surface area (TPSA) is 165 Å². The van der Waals surface area contributed by atoms with Gasteiger partial charge < -0.3 is 33.9 Å². The normalized spacial score (nSPS) is 23.5. The van der Waals surface area contributed by atoms with E-state index in [0.29, 0.717) is 5.75 Å². The predicted molar refractivity (Wildman–Crippen MR) is 110 cm³/mol. The van der Waals surface area contributed by atoms with Crippen molar-refractivity contribution in [2.75, 3.05) is 26.4 Å². The smallest absolute Gasteiger partial charge is 0.341 e. The Kier molecular flexibility index (Phi) is 6.16. The van der Waals surface area contributed by atoms with Gasteiger partial charge in [-0.3, -0.25) is 4.79 Å². The van der Waals surface area contributed by atoms with Crippen molar-refractivity contribution >= 4 is 11.9 Å². The molecule has 0 radical (unpaired) electrons. The number of carbonyl (C=O) groups is 2. The van der Waals surface area contributed by atoms with Crippen LogP contribution in [0.25, 0.3) is 5.69 Å². The summed E-state index contributed by atoms with van der Waals surface area (Å²) in [6.07, 6.45) is 4.42. The molecule has 0 bridgehead atoms. The third kappa shape index (κ3) is 4.59. The van der Waals surface area contributed by atoms with Gasteiger partial charge in [0.15, 0.2) is 0 Å². The lowest BCUT2D eigenvalue weighted by Gasteiger charge is -2.18. The van der Waals surface area contributed by atoms with Gasteiger partial charge in [-0.1, -0.05) is 5.10 Å². The molecule has 1 aromatic carbocycles. The van der Waals surface area contributed by atoms with E-state index in [1.54, 1.807) is 24.7 Å². The van der Waals surface area contributed by atoms with Gasteiger partial charge in [0.25, 0.3) is 0 Å². The first-order chi connectivity index (χ1) is 16.6. The average molecular weight is 471 g/mol. The lowest BCUT2D eigenvalue weighted by Crippen LogP contribution is -2.45. The van der Waals surface area contributed by atoms with E-state index in [1.807, 2.05) is 22.9 Å². The third-order valence-electron chi connectivity index (χ3n) is 5.46. The van der Waals surface area contributed by atoms with E-state index >= 15 is 0 Å². The number of fused-ring (bicyclic) bond motifs is 1. The van der Waals surface area contributed by atoms with Crippen LogP contribution in [0, 0.1) is 0 Å². The van der Waals surface area contributed by atoms with Crippen molar-refractivity contribution < 1.29 is 33.6 Å². The van der Waals surface area contributed by atoms with E-state index in [1.165, 1.54) is 4.68 Å². The van der Waals surface area contributed by atoms with Gasteiger partial charge in [0.2, 0.25) is 5.91 Å². The minimum absolute atomic E-state index is 0.183. The molecular formula is C20H21N7O7. The minimum atomic E-state index is -1.15. The van der Waals surface area contributed by atoms with Crippen LogP contribution in [-0.4, -0.2) is 91.4 Å². The lowest BCUT2D eigenvalue weighted by molar-refractivity contribution is -0.143. The second-order valence-corrected chi connectivity index (χ2v) is 7.70. The van der Waals surface area contributed by atoms with Gasteiger partial charge in [-0.05, 0) is 34.7 Å². The number of aliphatic carboxylic acids is 1. The Morgan fingerprint density at radius 1 is 1.15 bits per heavy atom. The van der Waals surface area contributed by atoms with E-state index < -0.39 is 36.7 Å². The van der Waals surface area contributed by atoms with E-state index in [0.717, 1.165) is 5.69 Å². The lowest BCUT2D eigenvalue weighted by atomic mass is 10.1. The number of rotatable bonds is 9.